The van der Waals surface area contributed by atoms with Crippen LogP contribution in [0.1, 0.15) is 12.0 Å². The zero-order chi connectivity index (χ0) is 11.8. The minimum absolute atomic E-state index is 0.0718. The molecular weight excluding hydrogens is 208 g/mol. The summed E-state index contributed by atoms with van der Waals surface area (Å²) in [4.78, 5) is 12.8. The van der Waals surface area contributed by atoms with E-state index in [1.807, 2.05) is 0 Å². The summed E-state index contributed by atoms with van der Waals surface area (Å²) in [6, 6.07) is 6.48. The lowest BCUT2D eigenvalue weighted by atomic mass is 10.1. The lowest BCUT2D eigenvalue weighted by Crippen LogP contribution is -1.90. The highest BCUT2D eigenvalue weighted by atomic mass is 16.6. The zero-order valence-electron chi connectivity index (χ0n) is 8.48. The average Bonchev–Trinajstić information content (AvgIpc) is 2.29. The molecule has 0 saturated carbocycles. The van der Waals surface area contributed by atoms with Crippen LogP contribution in [0, 0.1) is 10.1 Å². The largest absolute Gasteiger partial charge is 0.276 e. The van der Waals surface area contributed by atoms with Crippen molar-refractivity contribution in [1.29, 1.82) is 0 Å². The summed E-state index contributed by atoms with van der Waals surface area (Å²) in [6.45, 7) is 0.355. The van der Waals surface area contributed by atoms with Crippen LogP contribution in [0.4, 0.5) is 5.69 Å². The predicted octanol–water partition coefficient (Wildman–Crippen LogP) is 3.31. The number of nitro groups is 1. The number of azide groups is 1. The molecule has 0 aliphatic rings. The Morgan fingerprint density at radius 3 is 2.94 bits per heavy atom. The van der Waals surface area contributed by atoms with Gasteiger partial charge in [-0.15, -0.1) is 0 Å². The molecule has 1 rings (SSSR count). The zero-order valence-corrected chi connectivity index (χ0v) is 8.48. The maximum atomic E-state index is 10.7. The van der Waals surface area contributed by atoms with Gasteiger partial charge < -0.3 is 0 Å². The third-order valence-corrected chi connectivity index (χ3v) is 1.89. The van der Waals surface area contributed by atoms with Crippen molar-refractivity contribution in [2.45, 2.75) is 6.42 Å². The van der Waals surface area contributed by atoms with Gasteiger partial charge in [-0.25, -0.2) is 0 Å². The molecule has 16 heavy (non-hydrogen) atoms. The van der Waals surface area contributed by atoms with E-state index in [4.69, 9.17) is 5.53 Å². The van der Waals surface area contributed by atoms with E-state index in [2.05, 4.69) is 10.0 Å². The molecular formula is C10H10N4O2. The molecule has 0 heterocycles. The van der Waals surface area contributed by atoms with Crippen LogP contribution < -0.4 is 0 Å². The van der Waals surface area contributed by atoms with E-state index in [0.29, 0.717) is 18.5 Å². The number of nitrogens with zero attached hydrogens (tertiary/aromatic N) is 4. The van der Waals surface area contributed by atoms with E-state index in [9.17, 15) is 10.1 Å². The van der Waals surface area contributed by atoms with Gasteiger partial charge in [-0.2, -0.15) is 0 Å². The van der Waals surface area contributed by atoms with Crippen LogP contribution in [0.5, 0.6) is 0 Å². The summed E-state index contributed by atoms with van der Waals surface area (Å²) in [5.41, 5.74) is 8.67. The van der Waals surface area contributed by atoms with E-state index >= 15 is 0 Å². The Labute approximate surface area is 92.0 Å². The summed E-state index contributed by atoms with van der Waals surface area (Å²) in [5, 5.41) is 14.0. The molecule has 82 valence electrons. The first-order chi connectivity index (χ1) is 7.75. The molecule has 0 spiro atoms. The SMILES string of the molecule is [N-]=[N+]=NCCC=Cc1ccccc1[N+](=O)[O-]. The molecule has 0 aliphatic carbocycles. The Kier molecular flexibility index (Phi) is 4.56. The van der Waals surface area contributed by atoms with Crippen molar-refractivity contribution in [3.8, 4) is 0 Å². The van der Waals surface area contributed by atoms with Crippen LogP contribution in [0.15, 0.2) is 35.5 Å². The summed E-state index contributed by atoms with van der Waals surface area (Å²) in [7, 11) is 0. The summed E-state index contributed by atoms with van der Waals surface area (Å²) >= 11 is 0. The van der Waals surface area contributed by atoms with Crippen LogP contribution >= 0.6 is 0 Å². The molecule has 1 aromatic carbocycles. The predicted molar refractivity (Wildman–Crippen MR) is 60.8 cm³/mol. The first-order valence-corrected chi connectivity index (χ1v) is 4.66. The molecule has 0 unspecified atom stereocenters. The normalized spacial score (nSPS) is 10.0. The Morgan fingerprint density at radius 1 is 1.50 bits per heavy atom. The number of benzene rings is 1. The molecule has 6 nitrogen and oxygen atoms in total. The Morgan fingerprint density at radius 2 is 2.25 bits per heavy atom. The number of nitro benzene ring substituents is 1. The Bertz CT molecular complexity index is 450. The quantitative estimate of drug-likeness (QED) is 0.189. The van der Waals surface area contributed by atoms with Crippen molar-refractivity contribution in [2.24, 2.45) is 5.11 Å². The number of hydrogen-bond donors (Lipinski definition) is 0. The van der Waals surface area contributed by atoms with Gasteiger partial charge in [0.05, 0.1) is 10.5 Å². The highest BCUT2D eigenvalue weighted by Crippen LogP contribution is 2.18. The maximum absolute atomic E-state index is 10.7. The van der Waals surface area contributed by atoms with E-state index in [1.54, 1.807) is 30.4 Å². The summed E-state index contributed by atoms with van der Waals surface area (Å²) in [5.74, 6) is 0. The molecule has 0 aromatic heterocycles. The fourth-order valence-corrected chi connectivity index (χ4v) is 1.18. The van der Waals surface area contributed by atoms with E-state index < -0.39 is 4.92 Å². The second-order valence-corrected chi connectivity index (χ2v) is 2.96. The van der Waals surface area contributed by atoms with Gasteiger partial charge in [0.1, 0.15) is 0 Å². The standard InChI is InChI=1S/C10H10N4O2/c11-13-12-8-4-3-6-9-5-1-2-7-10(9)14(15)16/h1-3,5-7H,4,8H2. The van der Waals surface area contributed by atoms with Crippen molar-refractivity contribution in [3.05, 3.63) is 56.5 Å². The van der Waals surface area contributed by atoms with Crippen LogP contribution in [-0.4, -0.2) is 11.5 Å². The minimum atomic E-state index is -0.424. The number of hydrogen-bond acceptors (Lipinski definition) is 3. The van der Waals surface area contributed by atoms with Gasteiger partial charge in [-0.3, -0.25) is 10.1 Å². The first-order valence-electron chi connectivity index (χ1n) is 4.66. The molecule has 0 saturated heterocycles. The summed E-state index contributed by atoms with van der Waals surface area (Å²) in [6.07, 6.45) is 3.97. The maximum Gasteiger partial charge on any atom is 0.276 e. The van der Waals surface area contributed by atoms with Crippen LogP contribution in [-0.2, 0) is 0 Å². The average molecular weight is 218 g/mol. The van der Waals surface area contributed by atoms with Crippen molar-refractivity contribution in [3.63, 3.8) is 0 Å². The third-order valence-electron chi connectivity index (χ3n) is 1.89. The minimum Gasteiger partial charge on any atom is -0.258 e. The molecule has 0 N–H and O–H groups in total. The molecule has 0 amide bonds. The van der Waals surface area contributed by atoms with Gasteiger partial charge >= 0.3 is 0 Å². The smallest absolute Gasteiger partial charge is 0.258 e. The summed E-state index contributed by atoms with van der Waals surface area (Å²) < 4.78 is 0. The van der Waals surface area contributed by atoms with Crippen LogP contribution in [0.3, 0.4) is 0 Å². The number of rotatable bonds is 5. The van der Waals surface area contributed by atoms with Gasteiger partial charge in [0.25, 0.3) is 5.69 Å². The van der Waals surface area contributed by atoms with Crippen molar-refractivity contribution in [1.82, 2.24) is 0 Å². The molecule has 1 aromatic rings. The van der Waals surface area contributed by atoms with Crippen molar-refractivity contribution >= 4 is 11.8 Å². The molecule has 0 fully saturated rings. The van der Waals surface area contributed by atoms with Gasteiger partial charge in [0.15, 0.2) is 0 Å². The Hall–Kier alpha value is -2.33. The van der Waals surface area contributed by atoms with Gasteiger partial charge in [0.2, 0.25) is 0 Å². The Balaban J connectivity index is 2.72. The molecule has 0 bridgehead atoms. The van der Waals surface area contributed by atoms with E-state index in [1.165, 1.54) is 6.07 Å². The molecule has 0 aliphatic heterocycles. The highest BCUT2D eigenvalue weighted by molar-refractivity contribution is 5.60. The molecule has 6 heteroatoms. The van der Waals surface area contributed by atoms with Gasteiger partial charge in [0, 0.05) is 17.5 Å². The first kappa shape index (κ1) is 11.7. The van der Waals surface area contributed by atoms with Gasteiger partial charge in [-0.1, -0.05) is 29.4 Å². The lowest BCUT2D eigenvalue weighted by Gasteiger charge is -1.95. The van der Waals surface area contributed by atoms with Gasteiger partial charge in [-0.05, 0) is 18.0 Å². The number of para-hydroxylation sites is 1. The van der Waals surface area contributed by atoms with Crippen LogP contribution in [0.2, 0.25) is 0 Å². The van der Waals surface area contributed by atoms with E-state index in [-0.39, 0.29) is 5.69 Å². The fourth-order valence-electron chi connectivity index (χ4n) is 1.18. The molecule has 0 radical (unpaired) electrons. The monoisotopic (exact) mass is 218 g/mol. The third kappa shape index (κ3) is 3.43. The fraction of sp³-hybridized carbons (Fsp3) is 0.200. The topological polar surface area (TPSA) is 91.9 Å². The van der Waals surface area contributed by atoms with Crippen molar-refractivity contribution in [2.75, 3.05) is 6.54 Å². The lowest BCUT2D eigenvalue weighted by molar-refractivity contribution is -0.385. The second-order valence-electron chi connectivity index (χ2n) is 2.96. The highest BCUT2D eigenvalue weighted by Gasteiger charge is 2.08. The molecule has 0 atom stereocenters. The van der Waals surface area contributed by atoms with Crippen molar-refractivity contribution < 1.29 is 4.92 Å². The van der Waals surface area contributed by atoms with Crippen LogP contribution in [0.25, 0.3) is 16.5 Å². The second kappa shape index (κ2) is 6.21. The van der Waals surface area contributed by atoms with E-state index in [0.717, 1.165) is 0 Å².